The SMILES string of the molecule is COc1ncc(-c2cc(C3CC3)c3ncc(F)n3n2)c(OC)n1.FC(F)n1cccn1. The molecule has 0 aromatic carbocycles. The first-order chi connectivity index (χ1) is 15.0. The van der Waals surface area contributed by atoms with Crippen LogP contribution in [0.1, 0.15) is 30.9 Å². The number of alkyl halides is 2. The second-order valence-electron chi connectivity index (χ2n) is 6.62. The van der Waals surface area contributed by atoms with Gasteiger partial charge in [0.15, 0.2) is 5.65 Å². The number of hydrogen-bond donors (Lipinski definition) is 0. The van der Waals surface area contributed by atoms with E-state index in [-0.39, 0.29) is 6.01 Å². The summed E-state index contributed by atoms with van der Waals surface area (Å²) in [5, 5.41) is 7.60. The van der Waals surface area contributed by atoms with Crippen molar-refractivity contribution in [2.45, 2.75) is 25.3 Å². The Morgan fingerprint density at radius 1 is 1.13 bits per heavy atom. The van der Waals surface area contributed by atoms with Crippen LogP contribution >= 0.6 is 0 Å². The molecular formula is C19H18F3N7O2. The minimum absolute atomic E-state index is 0.197. The van der Waals surface area contributed by atoms with Gasteiger partial charge in [-0.25, -0.2) is 14.6 Å². The third kappa shape index (κ3) is 4.27. The molecule has 0 aliphatic heterocycles. The summed E-state index contributed by atoms with van der Waals surface area (Å²) in [5.74, 6) is 0.217. The highest BCUT2D eigenvalue weighted by Gasteiger charge is 2.29. The predicted molar refractivity (Wildman–Crippen MR) is 103 cm³/mol. The van der Waals surface area contributed by atoms with Crippen LogP contribution in [0, 0.1) is 5.95 Å². The van der Waals surface area contributed by atoms with Crippen LogP contribution in [0.5, 0.6) is 11.9 Å². The van der Waals surface area contributed by atoms with E-state index in [9.17, 15) is 13.2 Å². The van der Waals surface area contributed by atoms with Crippen LogP contribution in [0.2, 0.25) is 0 Å². The molecule has 0 radical (unpaired) electrons. The Kier molecular flexibility index (Phi) is 5.69. The lowest BCUT2D eigenvalue weighted by Gasteiger charge is -2.10. The van der Waals surface area contributed by atoms with Gasteiger partial charge in [0.05, 0.1) is 31.7 Å². The highest BCUT2D eigenvalue weighted by atomic mass is 19.3. The first-order valence-electron chi connectivity index (χ1n) is 9.28. The quantitative estimate of drug-likeness (QED) is 0.476. The summed E-state index contributed by atoms with van der Waals surface area (Å²) in [6.45, 7) is -2.51. The number of aromatic nitrogens is 7. The van der Waals surface area contributed by atoms with E-state index in [1.807, 2.05) is 6.07 Å². The fourth-order valence-electron chi connectivity index (χ4n) is 2.97. The van der Waals surface area contributed by atoms with Crippen molar-refractivity contribution in [3.8, 4) is 23.1 Å². The van der Waals surface area contributed by atoms with Crippen molar-refractivity contribution in [2.24, 2.45) is 0 Å². The van der Waals surface area contributed by atoms with Crippen LogP contribution in [0.25, 0.3) is 16.9 Å². The van der Waals surface area contributed by atoms with Crippen molar-refractivity contribution < 1.29 is 22.6 Å². The third-order valence-corrected chi connectivity index (χ3v) is 4.58. The second-order valence-corrected chi connectivity index (χ2v) is 6.62. The number of hydrogen-bond acceptors (Lipinski definition) is 7. The molecule has 0 spiro atoms. The number of halogens is 3. The van der Waals surface area contributed by atoms with E-state index in [1.54, 1.807) is 6.20 Å². The topological polar surface area (TPSA) is 92.3 Å². The summed E-state index contributed by atoms with van der Waals surface area (Å²) >= 11 is 0. The van der Waals surface area contributed by atoms with E-state index >= 15 is 0 Å². The van der Waals surface area contributed by atoms with E-state index in [0.29, 0.717) is 33.4 Å². The standard InChI is InChI=1S/C15H14FN5O2.C4H4F2N2/c1-22-14-10(6-18-15(19-14)23-2)11-5-9(8-3-4-8)13-17-7-12(16)21(13)20-11;5-4(6)8-3-1-2-7-8/h5-8H,3-4H2,1-2H3;1-4H. The van der Waals surface area contributed by atoms with E-state index in [0.717, 1.165) is 18.4 Å². The Bertz CT molecular complexity index is 1180. The first kappa shape index (κ1) is 20.6. The van der Waals surface area contributed by atoms with Crippen molar-refractivity contribution in [1.29, 1.82) is 0 Å². The van der Waals surface area contributed by atoms with Crippen molar-refractivity contribution in [3.05, 3.63) is 48.4 Å². The molecule has 0 N–H and O–H groups in total. The molecule has 0 atom stereocenters. The van der Waals surface area contributed by atoms with E-state index in [1.165, 1.54) is 43.4 Å². The van der Waals surface area contributed by atoms with Gasteiger partial charge in [-0.1, -0.05) is 0 Å². The molecule has 1 saturated carbocycles. The van der Waals surface area contributed by atoms with Crippen molar-refractivity contribution in [1.82, 2.24) is 34.3 Å². The van der Waals surface area contributed by atoms with Crippen LogP contribution in [0.4, 0.5) is 13.2 Å². The minimum Gasteiger partial charge on any atom is -0.480 e. The molecule has 9 nitrogen and oxygen atoms in total. The van der Waals surface area contributed by atoms with Gasteiger partial charge in [0, 0.05) is 24.2 Å². The lowest BCUT2D eigenvalue weighted by atomic mass is 10.1. The third-order valence-electron chi connectivity index (χ3n) is 4.58. The van der Waals surface area contributed by atoms with Crippen molar-refractivity contribution in [3.63, 3.8) is 0 Å². The van der Waals surface area contributed by atoms with Gasteiger partial charge in [0.2, 0.25) is 11.8 Å². The minimum atomic E-state index is -2.51. The summed E-state index contributed by atoms with van der Waals surface area (Å²) in [5.41, 5.74) is 2.65. The zero-order chi connectivity index (χ0) is 22.0. The smallest absolute Gasteiger partial charge is 0.333 e. The van der Waals surface area contributed by atoms with Crippen molar-refractivity contribution in [2.75, 3.05) is 14.2 Å². The molecule has 4 aromatic rings. The van der Waals surface area contributed by atoms with Crippen LogP contribution in [-0.2, 0) is 0 Å². The van der Waals surface area contributed by atoms with E-state index in [2.05, 4.69) is 25.1 Å². The number of ether oxygens (including phenoxy) is 2. The van der Waals surface area contributed by atoms with Gasteiger partial charge in [-0.05, 0) is 30.9 Å². The summed E-state index contributed by atoms with van der Waals surface area (Å²) < 4.78 is 49.1. The number of methoxy groups -OCH3 is 2. The molecule has 4 aromatic heterocycles. The molecule has 4 heterocycles. The maximum Gasteiger partial charge on any atom is 0.333 e. The van der Waals surface area contributed by atoms with Crippen LogP contribution < -0.4 is 9.47 Å². The molecule has 162 valence electrons. The molecule has 0 amide bonds. The van der Waals surface area contributed by atoms with Gasteiger partial charge < -0.3 is 9.47 Å². The largest absolute Gasteiger partial charge is 0.480 e. The fraction of sp³-hybridized carbons (Fsp3) is 0.316. The summed E-state index contributed by atoms with van der Waals surface area (Å²) in [4.78, 5) is 12.4. The molecule has 1 aliphatic carbocycles. The zero-order valence-electron chi connectivity index (χ0n) is 16.6. The lowest BCUT2D eigenvalue weighted by Crippen LogP contribution is -2.03. The van der Waals surface area contributed by atoms with Gasteiger partial charge >= 0.3 is 12.6 Å². The number of nitrogens with zero attached hydrogens (tertiary/aromatic N) is 7. The highest BCUT2D eigenvalue weighted by molar-refractivity contribution is 5.67. The Morgan fingerprint density at radius 2 is 1.94 bits per heavy atom. The Morgan fingerprint density at radius 3 is 2.52 bits per heavy atom. The lowest BCUT2D eigenvalue weighted by molar-refractivity contribution is 0.0566. The van der Waals surface area contributed by atoms with Crippen LogP contribution in [0.15, 0.2) is 36.9 Å². The van der Waals surface area contributed by atoms with Gasteiger partial charge in [0.1, 0.15) is 0 Å². The average molecular weight is 433 g/mol. The van der Waals surface area contributed by atoms with Gasteiger partial charge in [0.25, 0.3) is 0 Å². The van der Waals surface area contributed by atoms with Gasteiger partial charge in [-0.2, -0.15) is 32.9 Å². The van der Waals surface area contributed by atoms with Crippen LogP contribution in [0.3, 0.4) is 0 Å². The molecular weight excluding hydrogens is 415 g/mol. The zero-order valence-corrected chi connectivity index (χ0v) is 16.6. The van der Waals surface area contributed by atoms with Gasteiger partial charge in [-0.3, -0.25) is 0 Å². The average Bonchev–Trinajstić information content (AvgIpc) is 3.34. The summed E-state index contributed by atoms with van der Waals surface area (Å²) in [7, 11) is 2.98. The molecule has 0 bridgehead atoms. The molecule has 1 aliphatic rings. The Hall–Kier alpha value is -3.70. The predicted octanol–water partition coefficient (Wildman–Crippen LogP) is 3.50. The summed E-state index contributed by atoms with van der Waals surface area (Å²) in [6.07, 6.45) is 7.41. The molecule has 0 saturated heterocycles. The van der Waals surface area contributed by atoms with Crippen molar-refractivity contribution >= 4 is 5.65 Å². The molecule has 1 fully saturated rings. The first-order valence-corrected chi connectivity index (χ1v) is 9.28. The Balaban J connectivity index is 0.000000245. The highest BCUT2D eigenvalue weighted by Crippen LogP contribution is 2.43. The molecule has 5 rings (SSSR count). The Labute approximate surface area is 174 Å². The van der Waals surface area contributed by atoms with Crippen LogP contribution in [-0.4, -0.2) is 48.6 Å². The molecule has 12 heteroatoms. The van der Waals surface area contributed by atoms with E-state index < -0.39 is 12.5 Å². The second kappa shape index (κ2) is 8.58. The van der Waals surface area contributed by atoms with Gasteiger partial charge in [-0.15, -0.1) is 0 Å². The number of imidazole rings is 1. The maximum atomic E-state index is 14.0. The number of rotatable bonds is 5. The number of fused-ring (bicyclic) bond motifs is 1. The maximum absolute atomic E-state index is 14.0. The van der Waals surface area contributed by atoms with E-state index in [4.69, 9.17) is 9.47 Å². The molecule has 31 heavy (non-hydrogen) atoms. The molecule has 0 unspecified atom stereocenters. The summed E-state index contributed by atoms with van der Waals surface area (Å²) in [6, 6.07) is 3.56. The monoisotopic (exact) mass is 433 g/mol. The fourth-order valence-corrected chi connectivity index (χ4v) is 2.97. The normalized spacial score (nSPS) is 13.2.